The number of nitrogens with zero attached hydrogens (tertiary/aromatic N) is 1. The molecule has 12 heavy (non-hydrogen) atoms. The minimum Gasteiger partial charge on any atom is -0.212 e. The molecule has 1 aliphatic rings. The van der Waals surface area contributed by atoms with E-state index in [-0.39, 0.29) is 6.04 Å². The van der Waals surface area contributed by atoms with Crippen molar-refractivity contribution in [1.82, 2.24) is 4.31 Å². The van der Waals surface area contributed by atoms with Gasteiger partial charge in [0, 0.05) is 12.6 Å². The van der Waals surface area contributed by atoms with Crippen molar-refractivity contribution in [3.63, 3.8) is 0 Å². The molecule has 1 heterocycles. The molecule has 1 unspecified atom stereocenters. The first kappa shape index (κ1) is 9.99. The highest BCUT2D eigenvalue weighted by Crippen LogP contribution is 2.23. The van der Waals surface area contributed by atoms with Gasteiger partial charge in [0.15, 0.2) is 0 Å². The van der Waals surface area contributed by atoms with Crippen LogP contribution in [0.2, 0.25) is 0 Å². The van der Waals surface area contributed by atoms with E-state index in [4.69, 9.17) is 0 Å². The van der Waals surface area contributed by atoms with Crippen LogP contribution in [-0.4, -0.2) is 31.6 Å². The number of sulfonamides is 1. The molecular weight excluding hydrogens is 174 g/mol. The molecule has 1 atom stereocenters. The Morgan fingerprint density at radius 3 is 2.67 bits per heavy atom. The Hall–Kier alpha value is -0.0900. The highest BCUT2D eigenvalue weighted by molar-refractivity contribution is 7.88. The Balaban J connectivity index is 2.64. The summed E-state index contributed by atoms with van der Waals surface area (Å²) in [5.41, 5.74) is 0. The molecule has 0 saturated carbocycles. The van der Waals surface area contributed by atoms with Crippen LogP contribution < -0.4 is 0 Å². The molecular formula is C8H17NO2S. The fourth-order valence-electron chi connectivity index (χ4n) is 1.87. The van der Waals surface area contributed by atoms with Crippen molar-refractivity contribution in [3.8, 4) is 0 Å². The average Bonchev–Trinajstić information content (AvgIpc) is 2.34. The van der Waals surface area contributed by atoms with E-state index in [1.165, 1.54) is 6.26 Å². The van der Waals surface area contributed by atoms with Gasteiger partial charge in [-0.25, -0.2) is 8.42 Å². The molecule has 1 fully saturated rings. The van der Waals surface area contributed by atoms with Crippen molar-refractivity contribution < 1.29 is 8.42 Å². The molecule has 0 aliphatic carbocycles. The third-order valence-electron chi connectivity index (χ3n) is 2.37. The van der Waals surface area contributed by atoms with Crippen molar-refractivity contribution in [2.75, 3.05) is 12.8 Å². The molecule has 4 heteroatoms. The van der Waals surface area contributed by atoms with Crippen LogP contribution in [0.4, 0.5) is 0 Å². The minimum absolute atomic E-state index is 0.282. The molecule has 72 valence electrons. The molecule has 0 N–H and O–H groups in total. The number of hydrogen-bond donors (Lipinski definition) is 0. The fourth-order valence-corrected chi connectivity index (χ4v) is 3.08. The van der Waals surface area contributed by atoms with E-state index in [1.54, 1.807) is 4.31 Å². The normalized spacial score (nSPS) is 26.3. The SMILES string of the molecule is CCCC1CCCN1S(C)(=O)=O. The highest BCUT2D eigenvalue weighted by Gasteiger charge is 2.30. The van der Waals surface area contributed by atoms with E-state index >= 15 is 0 Å². The maximum absolute atomic E-state index is 11.2. The molecule has 0 aromatic rings. The molecule has 1 rings (SSSR count). The van der Waals surface area contributed by atoms with Gasteiger partial charge < -0.3 is 0 Å². The average molecular weight is 191 g/mol. The van der Waals surface area contributed by atoms with E-state index in [9.17, 15) is 8.42 Å². The topological polar surface area (TPSA) is 37.4 Å². The first-order chi connectivity index (χ1) is 5.55. The van der Waals surface area contributed by atoms with Crippen LogP contribution in [0, 0.1) is 0 Å². The van der Waals surface area contributed by atoms with Crippen molar-refractivity contribution in [2.45, 2.75) is 38.6 Å². The third kappa shape index (κ3) is 2.20. The second-order valence-corrected chi connectivity index (χ2v) is 5.39. The summed E-state index contributed by atoms with van der Waals surface area (Å²) in [5, 5.41) is 0. The van der Waals surface area contributed by atoms with Crippen molar-refractivity contribution >= 4 is 10.0 Å². The predicted octanol–water partition coefficient (Wildman–Crippen LogP) is 1.21. The third-order valence-corrected chi connectivity index (χ3v) is 3.70. The summed E-state index contributed by atoms with van der Waals surface area (Å²) in [6.45, 7) is 2.82. The van der Waals surface area contributed by atoms with Crippen LogP contribution in [0.5, 0.6) is 0 Å². The molecule has 0 aromatic heterocycles. The summed E-state index contributed by atoms with van der Waals surface area (Å²) in [6.07, 6.45) is 5.45. The predicted molar refractivity (Wildman–Crippen MR) is 49.5 cm³/mol. The van der Waals surface area contributed by atoms with Crippen LogP contribution in [0.25, 0.3) is 0 Å². The minimum atomic E-state index is -2.94. The Kier molecular flexibility index (Phi) is 3.12. The largest absolute Gasteiger partial charge is 0.212 e. The van der Waals surface area contributed by atoms with Crippen molar-refractivity contribution in [1.29, 1.82) is 0 Å². The van der Waals surface area contributed by atoms with E-state index in [1.807, 2.05) is 0 Å². The zero-order chi connectivity index (χ0) is 9.19. The first-order valence-corrected chi connectivity index (χ1v) is 6.37. The maximum Gasteiger partial charge on any atom is 0.211 e. The van der Waals surface area contributed by atoms with E-state index in [2.05, 4.69) is 6.92 Å². The molecule has 0 spiro atoms. The molecule has 0 bridgehead atoms. The van der Waals surface area contributed by atoms with Gasteiger partial charge in [0.05, 0.1) is 6.26 Å². The Morgan fingerprint density at radius 2 is 2.17 bits per heavy atom. The lowest BCUT2D eigenvalue weighted by molar-refractivity contribution is 0.371. The number of rotatable bonds is 3. The molecule has 0 aromatic carbocycles. The van der Waals surface area contributed by atoms with Gasteiger partial charge in [-0.15, -0.1) is 0 Å². The lowest BCUT2D eigenvalue weighted by Crippen LogP contribution is -2.34. The lowest BCUT2D eigenvalue weighted by Gasteiger charge is -2.21. The van der Waals surface area contributed by atoms with Gasteiger partial charge in [0.2, 0.25) is 10.0 Å². The molecule has 0 amide bonds. The van der Waals surface area contributed by atoms with Gasteiger partial charge in [0.25, 0.3) is 0 Å². The summed E-state index contributed by atoms with van der Waals surface area (Å²) < 4.78 is 24.1. The number of hydrogen-bond acceptors (Lipinski definition) is 2. The van der Waals surface area contributed by atoms with Gasteiger partial charge in [-0.3, -0.25) is 0 Å². The van der Waals surface area contributed by atoms with Crippen LogP contribution in [0.15, 0.2) is 0 Å². The monoisotopic (exact) mass is 191 g/mol. The van der Waals surface area contributed by atoms with E-state index in [0.29, 0.717) is 0 Å². The van der Waals surface area contributed by atoms with E-state index < -0.39 is 10.0 Å². The highest BCUT2D eigenvalue weighted by atomic mass is 32.2. The molecule has 3 nitrogen and oxygen atoms in total. The summed E-state index contributed by atoms with van der Waals surface area (Å²) in [6, 6.07) is 0.282. The Bertz CT molecular complexity index is 235. The van der Waals surface area contributed by atoms with Crippen molar-refractivity contribution in [2.24, 2.45) is 0 Å². The van der Waals surface area contributed by atoms with Crippen LogP contribution in [0.1, 0.15) is 32.6 Å². The summed E-state index contributed by atoms with van der Waals surface area (Å²) in [5.74, 6) is 0. The maximum atomic E-state index is 11.2. The van der Waals surface area contributed by atoms with Crippen molar-refractivity contribution in [3.05, 3.63) is 0 Å². The van der Waals surface area contributed by atoms with Crippen LogP contribution in [0.3, 0.4) is 0 Å². The second-order valence-electron chi connectivity index (χ2n) is 3.46. The second kappa shape index (κ2) is 3.75. The molecule has 0 radical (unpaired) electrons. The Morgan fingerprint density at radius 1 is 1.50 bits per heavy atom. The van der Waals surface area contributed by atoms with Gasteiger partial charge in [-0.1, -0.05) is 13.3 Å². The molecule has 1 aliphatic heterocycles. The van der Waals surface area contributed by atoms with Gasteiger partial charge in [-0.05, 0) is 19.3 Å². The first-order valence-electron chi connectivity index (χ1n) is 4.52. The van der Waals surface area contributed by atoms with E-state index in [0.717, 1.165) is 32.2 Å². The van der Waals surface area contributed by atoms with Gasteiger partial charge in [0.1, 0.15) is 0 Å². The van der Waals surface area contributed by atoms with Gasteiger partial charge in [-0.2, -0.15) is 4.31 Å². The summed E-state index contributed by atoms with van der Waals surface area (Å²) in [7, 11) is -2.94. The molecule has 1 saturated heterocycles. The summed E-state index contributed by atoms with van der Waals surface area (Å²) in [4.78, 5) is 0. The summed E-state index contributed by atoms with van der Waals surface area (Å²) >= 11 is 0. The quantitative estimate of drug-likeness (QED) is 0.672. The fraction of sp³-hybridized carbons (Fsp3) is 1.00. The van der Waals surface area contributed by atoms with Gasteiger partial charge >= 0.3 is 0 Å². The lowest BCUT2D eigenvalue weighted by atomic mass is 10.1. The zero-order valence-electron chi connectivity index (χ0n) is 7.78. The van der Waals surface area contributed by atoms with Crippen LogP contribution >= 0.6 is 0 Å². The zero-order valence-corrected chi connectivity index (χ0v) is 8.60. The Labute approximate surface area is 74.8 Å². The standard InChI is InChI=1S/C8H17NO2S/c1-3-5-8-6-4-7-9(8)12(2,10)11/h8H,3-7H2,1-2H3. The van der Waals surface area contributed by atoms with Crippen LogP contribution in [-0.2, 0) is 10.0 Å². The smallest absolute Gasteiger partial charge is 0.211 e.